The van der Waals surface area contributed by atoms with Gasteiger partial charge in [-0.3, -0.25) is 4.79 Å². The highest BCUT2D eigenvalue weighted by Gasteiger charge is 2.24. The summed E-state index contributed by atoms with van der Waals surface area (Å²) in [6.07, 6.45) is -1.25. The summed E-state index contributed by atoms with van der Waals surface area (Å²) in [6.45, 7) is 8.17. The largest absolute Gasteiger partial charge is 0.465 e. The van der Waals surface area contributed by atoms with Gasteiger partial charge < -0.3 is 15.7 Å². The van der Waals surface area contributed by atoms with Gasteiger partial charge in [-0.2, -0.15) is 0 Å². The molecule has 0 radical (unpaired) electrons. The highest BCUT2D eigenvalue weighted by atomic mass is 16.4. The van der Waals surface area contributed by atoms with Gasteiger partial charge in [0.2, 0.25) is 0 Å². The van der Waals surface area contributed by atoms with Crippen LogP contribution in [0.15, 0.2) is 48.5 Å². The molecule has 0 fully saturated rings. The summed E-state index contributed by atoms with van der Waals surface area (Å²) >= 11 is 0. The maximum absolute atomic E-state index is 12.6. The molecule has 25 heavy (non-hydrogen) atoms. The van der Waals surface area contributed by atoms with Crippen molar-refractivity contribution in [2.45, 2.75) is 39.2 Å². The van der Waals surface area contributed by atoms with Gasteiger partial charge in [0.25, 0.3) is 5.91 Å². The lowest BCUT2D eigenvalue weighted by Gasteiger charge is -2.21. The van der Waals surface area contributed by atoms with Crippen LogP contribution < -0.4 is 10.6 Å². The number of anilines is 1. The number of aryl methyl sites for hydroxylation is 1. The number of rotatable bonds is 4. The summed E-state index contributed by atoms with van der Waals surface area (Å²) in [6, 6.07) is 13.8. The van der Waals surface area contributed by atoms with Crippen LogP contribution in [-0.4, -0.2) is 17.1 Å². The second-order valence-corrected chi connectivity index (χ2v) is 7.06. The molecule has 3 N–H and O–H groups in total. The number of amides is 2. The number of nitrogens with one attached hydrogen (secondary N) is 2. The molecule has 2 aromatic carbocycles. The zero-order chi connectivity index (χ0) is 18.6. The predicted octanol–water partition coefficient (Wildman–Crippen LogP) is 4.24. The van der Waals surface area contributed by atoms with E-state index in [0.29, 0.717) is 11.3 Å². The van der Waals surface area contributed by atoms with Crippen LogP contribution in [0.1, 0.15) is 43.5 Å². The monoisotopic (exact) mass is 340 g/mol. The van der Waals surface area contributed by atoms with E-state index in [1.165, 1.54) is 0 Å². The predicted molar refractivity (Wildman–Crippen MR) is 98.9 cm³/mol. The molecule has 0 aliphatic heterocycles. The number of hydrogen-bond donors (Lipinski definition) is 3. The molecule has 5 nitrogen and oxygen atoms in total. The first-order valence-corrected chi connectivity index (χ1v) is 8.15. The van der Waals surface area contributed by atoms with E-state index in [1.807, 2.05) is 37.3 Å². The molecule has 2 aromatic rings. The quantitative estimate of drug-likeness (QED) is 0.779. The molecule has 0 heterocycles. The molecular formula is C20H24N2O3. The SMILES string of the molecule is Cc1ccccc1NC(=O)C(NC(=O)O)c1ccc(C(C)(C)C)cc1. The molecule has 1 atom stereocenters. The Labute approximate surface area is 148 Å². The topological polar surface area (TPSA) is 78.4 Å². The molecule has 0 aliphatic carbocycles. The van der Waals surface area contributed by atoms with Crippen LogP contribution in [0.2, 0.25) is 0 Å². The summed E-state index contributed by atoms with van der Waals surface area (Å²) in [5.41, 5.74) is 3.27. The van der Waals surface area contributed by atoms with Gasteiger partial charge in [0.1, 0.15) is 6.04 Å². The van der Waals surface area contributed by atoms with E-state index in [-0.39, 0.29) is 5.41 Å². The van der Waals surface area contributed by atoms with Crippen molar-refractivity contribution in [3.05, 3.63) is 65.2 Å². The Morgan fingerprint density at radius 1 is 1.00 bits per heavy atom. The second kappa shape index (κ2) is 7.38. The Bertz CT molecular complexity index is 761. The normalized spacial score (nSPS) is 12.3. The third-order valence-corrected chi connectivity index (χ3v) is 4.04. The Morgan fingerprint density at radius 3 is 2.12 bits per heavy atom. The van der Waals surface area contributed by atoms with Crippen molar-refractivity contribution < 1.29 is 14.7 Å². The van der Waals surface area contributed by atoms with E-state index in [9.17, 15) is 9.59 Å². The molecule has 132 valence electrons. The Hall–Kier alpha value is -2.82. The van der Waals surface area contributed by atoms with Crippen LogP contribution in [0.3, 0.4) is 0 Å². The van der Waals surface area contributed by atoms with E-state index < -0.39 is 18.0 Å². The first kappa shape index (κ1) is 18.5. The third kappa shape index (κ3) is 4.83. The first-order valence-electron chi connectivity index (χ1n) is 8.15. The molecule has 5 heteroatoms. The van der Waals surface area contributed by atoms with Crippen molar-refractivity contribution in [1.82, 2.24) is 5.32 Å². The smallest absolute Gasteiger partial charge is 0.405 e. The molecule has 0 spiro atoms. The zero-order valence-electron chi connectivity index (χ0n) is 15.0. The van der Waals surface area contributed by atoms with Gasteiger partial charge in [0, 0.05) is 5.69 Å². The van der Waals surface area contributed by atoms with Gasteiger partial charge in [-0.05, 0) is 35.1 Å². The van der Waals surface area contributed by atoms with Gasteiger partial charge in [0.05, 0.1) is 0 Å². The lowest BCUT2D eigenvalue weighted by Crippen LogP contribution is -2.36. The lowest BCUT2D eigenvalue weighted by atomic mass is 9.86. The first-order chi connectivity index (χ1) is 11.7. The van der Waals surface area contributed by atoms with E-state index in [2.05, 4.69) is 31.4 Å². The van der Waals surface area contributed by atoms with Gasteiger partial charge in [-0.25, -0.2) is 4.79 Å². The summed E-state index contributed by atoms with van der Waals surface area (Å²) in [4.78, 5) is 23.8. The third-order valence-electron chi connectivity index (χ3n) is 4.04. The average molecular weight is 340 g/mol. The molecule has 2 rings (SSSR count). The number of carbonyl (C=O) groups excluding carboxylic acids is 1. The van der Waals surface area contributed by atoms with Gasteiger partial charge in [0.15, 0.2) is 0 Å². The van der Waals surface area contributed by atoms with Crippen LogP contribution in [-0.2, 0) is 10.2 Å². The van der Waals surface area contributed by atoms with Crippen LogP contribution in [0.5, 0.6) is 0 Å². The molecule has 0 saturated heterocycles. The number of para-hydroxylation sites is 1. The molecule has 0 bridgehead atoms. The average Bonchev–Trinajstić information content (AvgIpc) is 2.54. The molecular weight excluding hydrogens is 316 g/mol. The summed E-state index contributed by atoms with van der Waals surface area (Å²) in [5.74, 6) is -0.416. The van der Waals surface area contributed by atoms with Crippen molar-refractivity contribution >= 4 is 17.7 Å². The molecule has 2 amide bonds. The Balaban J connectivity index is 2.28. The van der Waals surface area contributed by atoms with Gasteiger partial charge in [-0.15, -0.1) is 0 Å². The van der Waals surface area contributed by atoms with Crippen LogP contribution in [0.25, 0.3) is 0 Å². The van der Waals surface area contributed by atoms with E-state index >= 15 is 0 Å². The number of carbonyl (C=O) groups is 2. The summed E-state index contributed by atoms with van der Waals surface area (Å²) < 4.78 is 0. The van der Waals surface area contributed by atoms with Crippen LogP contribution in [0, 0.1) is 6.92 Å². The van der Waals surface area contributed by atoms with Crippen molar-refractivity contribution in [1.29, 1.82) is 0 Å². The highest BCUT2D eigenvalue weighted by Crippen LogP contribution is 2.25. The fourth-order valence-electron chi connectivity index (χ4n) is 2.52. The van der Waals surface area contributed by atoms with E-state index in [4.69, 9.17) is 5.11 Å². The fourth-order valence-corrected chi connectivity index (χ4v) is 2.52. The van der Waals surface area contributed by atoms with Gasteiger partial charge in [-0.1, -0.05) is 63.2 Å². The minimum Gasteiger partial charge on any atom is -0.465 e. The number of benzene rings is 2. The second-order valence-electron chi connectivity index (χ2n) is 7.06. The molecule has 1 unspecified atom stereocenters. The number of hydrogen-bond acceptors (Lipinski definition) is 2. The Kier molecular flexibility index (Phi) is 5.47. The lowest BCUT2D eigenvalue weighted by molar-refractivity contribution is -0.118. The van der Waals surface area contributed by atoms with Crippen LogP contribution >= 0.6 is 0 Å². The number of carboxylic acid groups (broad SMARTS) is 1. The minimum absolute atomic E-state index is 0.0162. The highest BCUT2D eigenvalue weighted by molar-refractivity contribution is 5.97. The fraction of sp³-hybridized carbons (Fsp3) is 0.300. The van der Waals surface area contributed by atoms with Crippen molar-refractivity contribution in [2.75, 3.05) is 5.32 Å². The minimum atomic E-state index is -1.25. The molecule has 0 saturated carbocycles. The summed E-state index contributed by atoms with van der Waals surface area (Å²) in [5, 5.41) is 14.2. The standard InChI is InChI=1S/C20H24N2O3/c1-13-7-5-6-8-16(13)21-18(23)17(22-19(24)25)14-9-11-15(12-10-14)20(2,3)4/h5-12,17,22H,1-4H3,(H,21,23)(H,24,25). The van der Waals surface area contributed by atoms with Crippen molar-refractivity contribution in [3.63, 3.8) is 0 Å². The molecule has 0 aliphatic rings. The van der Waals surface area contributed by atoms with Crippen LogP contribution in [0.4, 0.5) is 10.5 Å². The van der Waals surface area contributed by atoms with E-state index in [0.717, 1.165) is 11.1 Å². The van der Waals surface area contributed by atoms with E-state index in [1.54, 1.807) is 18.2 Å². The summed E-state index contributed by atoms with van der Waals surface area (Å²) in [7, 11) is 0. The maximum Gasteiger partial charge on any atom is 0.405 e. The van der Waals surface area contributed by atoms with Crippen molar-refractivity contribution in [3.8, 4) is 0 Å². The maximum atomic E-state index is 12.6. The zero-order valence-corrected chi connectivity index (χ0v) is 15.0. The molecule has 0 aromatic heterocycles. The Morgan fingerprint density at radius 2 is 1.60 bits per heavy atom. The van der Waals surface area contributed by atoms with Crippen molar-refractivity contribution in [2.24, 2.45) is 0 Å². The van der Waals surface area contributed by atoms with Gasteiger partial charge >= 0.3 is 6.09 Å².